The zero-order chi connectivity index (χ0) is 27.3. The van der Waals surface area contributed by atoms with Gasteiger partial charge < -0.3 is 15.5 Å². The van der Waals surface area contributed by atoms with E-state index < -0.39 is 29.5 Å². The van der Waals surface area contributed by atoms with Gasteiger partial charge in [-0.25, -0.2) is 13.6 Å². The first-order valence-corrected chi connectivity index (χ1v) is 12.0. The van der Waals surface area contributed by atoms with Crippen molar-refractivity contribution < 1.29 is 23.1 Å². The van der Waals surface area contributed by atoms with Gasteiger partial charge in [0.25, 0.3) is 5.91 Å². The Balaban J connectivity index is 1.56. The summed E-state index contributed by atoms with van der Waals surface area (Å²) in [7, 11) is 2.74. The van der Waals surface area contributed by atoms with E-state index in [1.807, 2.05) is 30.3 Å². The molecule has 0 aliphatic carbocycles. The monoisotopic (exact) mass is 525 g/mol. The van der Waals surface area contributed by atoms with Gasteiger partial charge in [-0.15, -0.1) is 0 Å². The van der Waals surface area contributed by atoms with Crippen LogP contribution < -0.4 is 11.1 Å². The van der Waals surface area contributed by atoms with Crippen molar-refractivity contribution in [2.24, 2.45) is 10.7 Å². The Morgan fingerprint density at radius 2 is 2.11 bits per heavy atom. The molecule has 10 nitrogen and oxygen atoms in total. The Hall–Kier alpha value is -4.19. The lowest BCUT2D eigenvalue weighted by atomic mass is 9.83. The van der Waals surface area contributed by atoms with Gasteiger partial charge in [0.15, 0.2) is 5.82 Å². The van der Waals surface area contributed by atoms with Crippen LogP contribution in [-0.2, 0) is 16.8 Å². The van der Waals surface area contributed by atoms with Gasteiger partial charge >= 0.3 is 6.09 Å². The number of likely N-dealkylation sites (tertiary alicyclic amines) is 1. The molecule has 0 spiro atoms. The average molecular weight is 526 g/mol. The third kappa shape index (κ3) is 5.54. The minimum Gasteiger partial charge on any atom is -0.453 e. The van der Waals surface area contributed by atoms with Crippen LogP contribution in [0, 0.1) is 5.82 Å². The number of nitrogens with zero attached hydrogens (tertiary/aromatic N) is 5. The molecule has 2 aromatic heterocycles. The summed E-state index contributed by atoms with van der Waals surface area (Å²) in [5.41, 5.74) is 5.87. The maximum atomic E-state index is 16.0. The Bertz CT molecular complexity index is 1330. The number of amides is 2. The molecule has 2 amide bonds. The molecule has 1 aromatic carbocycles. The summed E-state index contributed by atoms with van der Waals surface area (Å²) in [6.45, 7) is 0.555. The van der Waals surface area contributed by atoms with Gasteiger partial charge in [-0.05, 0) is 6.42 Å². The molecule has 0 radical (unpaired) electrons. The van der Waals surface area contributed by atoms with Crippen molar-refractivity contribution in [3.8, 4) is 11.3 Å². The highest BCUT2D eigenvalue weighted by molar-refractivity contribution is 6.00. The lowest BCUT2D eigenvalue weighted by Gasteiger charge is -2.44. The second-order valence-electron chi connectivity index (χ2n) is 9.04. The minimum atomic E-state index is -1.47. The molecule has 1 saturated heterocycles. The van der Waals surface area contributed by atoms with Gasteiger partial charge in [-0.1, -0.05) is 30.3 Å². The molecule has 2 unspecified atom stereocenters. The van der Waals surface area contributed by atoms with E-state index >= 15 is 4.39 Å². The van der Waals surface area contributed by atoms with Crippen LogP contribution in [0.15, 0.2) is 53.8 Å². The largest absolute Gasteiger partial charge is 0.453 e. The number of aliphatic imine (C=N–C) groups is 1. The van der Waals surface area contributed by atoms with Crippen molar-refractivity contribution >= 4 is 24.0 Å². The number of nitrogens with one attached hydrogen (secondary N) is 1. The number of halogens is 2. The van der Waals surface area contributed by atoms with E-state index in [1.165, 1.54) is 23.1 Å². The molecule has 12 heteroatoms. The van der Waals surface area contributed by atoms with Crippen LogP contribution in [0.25, 0.3) is 11.3 Å². The standard InChI is InChI=1S/C26H29F2N7O3/c1-30-10-8-26(35-15-19(23(29)36)24(33-35)32-25(37)38-2)9-11-34(16-22(26)28)14-18-13-31-21(12-20(18)27)17-6-4-3-5-7-17/h3-7,10,12-13,15,22H,8-9,11,14,16H2,1-2H3,(H2,29,36)(H,32,33,37). The molecule has 0 bridgehead atoms. The van der Waals surface area contributed by atoms with Crippen molar-refractivity contribution in [1.82, 2.24) is 19.7 Å². The third-order valence-corrected chi connectivity index (χ3v) is 6.72. The fourth-order valence-electron chi connectivity index (χ4n) is 4.58. The van der Waals surface area contributed by atoms with Crippen LogP contribution in [0.2, 0.25) is 0 Å². The number of carbonyl (C=O) groups is 2. The SMILES string of the molecule is CN=CCC1(n2cc(C(N)=O)c(NC(=O)OC)n2)CCN(Cc2cnc(-c3ccccc3)cc2F)CC1F. The fraction of sp³-hybridized carbons (Fsp3) is 0.346. The van der Waals surface area contributed by atoms with Gasteiger partial charge in [0.05, 0.1) is 12.8 Å². The highest BCUT2D eigenvalue weighted by Gasteiger charge is 2.46. The van der Waals surface area contributed by atoms with Crippen LogP contribution in [0.1, 0.15) is 28.8 Å². The number of nitrogens with two attached hydrogens (primary N) is 1. The summed E-state index contributed by atoms with van der Waals surface area (Å²) in [5, 5.41) is 6.64. The van der Waals surface area contributed by atoms with Crippen LogP contribution in [0.4, 0.5) is 19.4 Å². The molecular formula is C26H29F2N7O3. The van der Waals surface area contributed by atoms with Crippen molar-refractivity contribution in [2.45, 2.75) is 31.1 Å². The quantitative estimate of drug-likeness (QED) is 0.434. The molecule has 3 heterocycles. The molecule has 38 heavy (non-hydrogen) atoms. The van der Waals surface area contributed by atoms with Crippen molar-refractivity contribution in [1.29, 1.82) is 0 Å². The first-order chi connectivity index (χ1) is 18.3. The maximum Gasteiger partial charge on any atom is 0.412 e. The van der Waals surface area contributed by atoms with Gasteiger partial charge in [0, 0.05) is 68.9 Å². The lowest BCUT2D eigenvalue weighted by molar-refractivity contribution is 0.00886. The van der Waals surface area contributed by atoms with Gasteiger partial charge in [-0.2, -0.15) is 5.10 Å². The number of pyridine rings is 1. The molecule has 1 aliphatic rings. The topological polar surface area (TPSA) is 128 Å². The molecule has 3 N–H and O–H groups in total. The predicted octanol–water partition coefficient (Wildman–Crippen LogP) is 3.39. The normalized spacial score (nSPS) is 19.9. The second kappa shape index (κ2) is 11.5. The average Bonchev–Trinajstić information content (AvgIpc) is 3.34. The smallest absolute Gasteiger partial charge is 0.412 e. The molecule has 200 valence electrons. The molecule has 3 aromatic rings. The van der Waals surface area contributed by atoms with Gasteiger partial charge in [0.2, 0.25) is 0 Å². The van der Waals surface area contributed by atoms with Crippen molar-refractivity contribution in [3.63, 3.8) is 0 Å². The number of methoxy groups -OCH3 is 1. The Kier molecular flexibility index (Phi) is 8.10. The number of hydrogen-bond donors (Lipinski definition) is 2. The second-order valence-corrected chi connectivity index (χ2v) is 9.04. The number of primary amides is 1. The number of aromatic nitrogens is 3. The van der Waals surface area contributed by atoms with E-state index in [-0.39, 0.29) is 37.3 Å². The van der Waals surface area contributed by atoms with Crippen molar-refractivity contribution in [2.75, 3.05) is 32.6 Å². The fourth-order valence-corrected chi connectivity index (χ4v) is 4.58. The summed E-state index contributed by atoms with van der Waals surface area (Å²) in [4.78, 5) is 33.9. The van der Waals surface area contributed by atoms with Crippen LogP contribution >= 0.6 is 0 Å². The zero-order valence-electron chi connectivity index (χ0n) is 21.1. The third-order valence-electron chi connectivity index (χ3n) is 6.72. The van der Waals surface area contributed by atoms with Crippen LogP contribution in [0.5, 0.6) is 0 Å². The number of ether oxygens (including phenoxy) is 1. The van der Waals surface area contributed by atoms with Crippen LogP contribution in [-0.4, -0.2) is 71.3 Å². The molecule has 2 atom stereocenters. The van der Waals surface area contributed by atoms with Gasteiger partial charge in [-0.3, -0.25) is 24.7 Å². The Morgan fingerprint density at radius 3 is 2.74 bits per heavy atom. The molecule has 4 rings (SSSR count). The van der Waals surface area contributed by atoms with Gasteiger partial charge in [0.1, 0.15) is 23.1 Å². The first kappa shape index (κ1) is 26.9. The Labute approximate surface area is 218 Å². The lowest BCUT2D eigenvalue weighted by Crippen LogP contribution is -2.55. The highest BCUT2D eigenvalue weighted by Crippen LogP contribution is 2.37. The summed E-state index contributed by atoms with van der Waals surface area (Å²) in [6, 6.07) is 10.7. The predicted molar refractivity (Wildman–Crippen MR) is 138 cm³/mol. The summed E-state index contributed by atoms with van der Waals surface area (Å²) in [5.74, 6) is -1.38. The number of alkyl halides is 1. The first-order valence-electron chi connectivity index (χ1n) is 12.0. The van der Waals surface area contributed by atoms with E-state index in [2.05, 4.69) is 25.1 Å². The number of rotatable bonds is 8. The number of benzene rings is 1. The molecule has 1 fully saturated rings. The van der Waals surface area contributed by atoms with E-state index in [9.17, 15) is 14.0 Å². The molecule has 1 aliphatic heterocycles. The number of carbonyl (C=O) groups excluding carboxylic acids is 2. The van der Waals surface area contributed by atoms with Crippen molar-refractivity contribution in [3.05, 3.63) is 65.7 Å². The Morgan fingerprint density at radius 1 is 1.34 bits per heavy atom. The summed E-state index contributed by atoms with van der Waals surface area (Å²) >= 11 is 0. The van der Waals surface area contributed by atoms with Crippen LogP contribution in [0.3, 0.4) is 0 Å². The number of anilines is 1. The zero-order valence-corrected chi connectivity index (χ0v) is 21.1. The minimum absolute atomic E-state index is 0.0248. The maximum absolute atomic E-state index is 16.0. The van der Waals surface area contributed by atoms with E-state index in [0.29, 0.717) is 17.8 Å². The number of piperidine rings is 1. The summed E-state index contributed by atoms with van der Waals surface area (Å²) in [6.07, 6.45) is 2.52. The summed E-state index contributed by atoms with van der Waals surface area (Å²) < 4.78 is 36.9. The molecular weight excluding hydrogens is 496 g/mol. The number of hydrogen-bond acceptors (Lipinski definition) is 7. The van der Waals surface area contributed by atoms with E-state index in [4.69, 9.17) is 5.73 Å². The molecule has 0 saturated carbocycles. The van der Waals surface area contributed by atoms with E-state index in [1.54, 1.807) is 18.2 Å². The highest BCUT2D eigenvalue weighted by atomic mass is 19.1. The van der Waals surface area contributed by atoms with E-state index in [0.717, 1.165) is 12.7 Å².